The quantitative estimate of drug-likeness (QED) is 0.769. The highest BCUT2D eigenvalue weighted by molar-refractivity contribution is 5.90. The van der Waals surface area contributed by atoms with Crippen molar-refractivity contribution in [1.82, 2.24) is 9.78 Å². The SMILES string of the molecule is CCOC(=O)c1cnn(C2CCOCC2)c1CC. The van der Waals surface area contributed by atoms with Gasteiger partial charge >= 0.3 is 5.97 Å². The Hall–Kier alpha value is -1.36. The minimum Gasteiger partial charge on any atom is -0.462 e. The van der Waals surface area contributed by atoms with Crippen molar-refractivity contribution in [2.24, 2.45) is 0 Å². The number of hydrogen-bond donors (Lipinski definition) is 0. The number of ether oxygens (including phenoxy) is 2. The van der Waals surface area contributed by atoms with Crippen LogP contribution < -0.4 is 0 Å². The van der Waals surface area contributed by atoms with E-state index in [9.17, 15) is 4.79 Å². The first-order valence-corrected chi connectivity index (χ1v) is 6.59. The number of aromatic nitrogens is 2. The van der Waals surface area contributed by atoms with E-state index in [1.54, 1.807) is 6.20 Å². The smallest absolute Gasteiger partial charge is 0.341 e. The maximum Gasteiger partial charge on any atom is 0.341 e. The lowest BCUT2D eigenvalue weighted by atomic mass is 10.1. The number of hydrogen-bond acceptors (Lipinski definition) is 4. The van der Waals surface area contributed by atoms with Crippen LogP contribution in [0.4, 0.5) is 0 Å². The van der Waals surface area contributed by atoms with E-state index in [1.165, 1.54) is 0 Å². The number of carbonyl (C=O) groups is 1. The van der Waals surface area contributed by atoms with Gasteiger partial charge in [-0.2, -0.15) is 5.10 Å². The van der Waals surface area contributed by atoms with Gasteiger partial charge in [0.15, 0.2) is 0 Å². The zero-order valence-electron chi connectivity index (χ0n) is 11.0. The summed E-state index contributed by atoms with van der Waals surface area (Å²) < 4.78 is 12.4. The van der Waals surface area contributed by atoms with Gasteiger partial charge in [-0.1, -0.05) is 6.92 Å². The molecule has 18 heavy (non-hydrogen) atoms. The zero-order chi connectivity index (χ0) is 13.0. The van der Waals surface area contributed by atoms with Crippen molar-refractivity contribution in [3.8, 4) is 0 Å². The van der Waals surface area contributed by atoms with Gasteiger partial charge in [-0.25, -0.2) is 4.79 Å². The molecule has 0 atom stereocenters. The second-order valence-electron chi connectivity index (χ2n) is 4.37. The molecule has 1 saturated heterocycles. The molecule has 2 rings (SSSR count). The molecule has 100 valence electrons. The Morgan fingerprint density at radius 2 is 2.22 bits per heavy atom. The number of carbonyl (C=O) groups excluding carboxylic acids is 1. The molecule has 5 heteroatoms. The lowest BCUT2D eigenvalue weighted by Gasteiger charge is -2.24. The average molecular weight is 252 g/mol. The molecule has 2 heterocycles. The van der Waals surface area contributed by atoms with E-state index in [4.69, 9.17) is 9.47 Å². The van der Waals surface area contributed by atoms with Crippen LogP contribution in [0, 0.1) is 0 Å². The Morgan fingerprint density at radius 1 is 1.50 bits per heavy atom. The van der Waals surface area contributed by atoms with E-state index in [0.717, 1.165) is 38.2 Å². The van der Waals surface area contributed by atoms with Crippen LogP contribution in [0.5, 0.6) is 0 Å². The number of rotatable bonds is 4. The third kappa shape index (κ3) is 2.56. The van der Waals surface area contributed by atoms with E-state index >= 15 is 0 Å². The highest BCUT2D eigenvalue weighted by Crippen LogP contribution is 2.24. The summed E-state index contributed by atoms with van der Waals surface area (Å²) in [6, 6.07) is 0.344. The van der Waals surface area contributed by atoms with Crippen molar-refractivity contribution >= 4 is 5.97 Å². The molecule has 1 aromatic rings. The van der Waals surface area contributed by atoms with Crippen molar-refractivity contribution in [3.63, 3.8) is 0 Å². The normalized spacial score (nSPS) is 16.8. The van der Waals surface area contributed by atoms with Gasteiger partial charge in [-0.05, 0) is 26.2 Å². The van der Waals surface area contributed by atoms with Gasteiger partial charge in [0.25, 0.3) is 0 Å². The molecule has 1 aliphatic rings. The largest absolute Gasteiger partial charge is 0.462 e. The molecular formula is C13H20N2O3. The molecule has 0 radical (unpaired) electrons. The molecule has 0 aliphatic carbocycles. The number of nitrogens with zero attached hydrogens (tertiary/aromatic N) is 2. The summed E-state index contributed by atoms with van der Waals surface area (Å²) in [6.45, 7) is 5.78. The van der Waals surface area contributed by atoms with Crippen molar-refractivity contribution in [2.45, 2.75) is 39.2 Å². The van der Waals surface area contributed by atoms with E-state index in [-0.39, 0.29) is 5.97 Å². The lowest BCUT2D eigenvalue weighted by molar-refractivity contribution is 0.0523. The summed E-state index contributed by atoms with van der Waals surface area (Å²) in [5, 5.41) is 4.37. The van der Waals surface area contributed by atoms with Crippen molar-refractivity contribution in [2.75, 3.05) is 19.8 Å². The molecule has 0 unspecified atom stereocenters. The fourth-order valence-corrected chi connectivity index (χ4v) is 2.36. The maximum absolute atomic E-state index is 11.8. The van der Waals surface area contributed by atoms with Gasteiger partial charge in [-0.3, -0.25) is 4.68 Å². The summed E-state index contributed by atoms with van der Waals surface area (Å²) in [5.41, 5.74) is 1.58. The van der Waals surface area contributed by atoms with Crippen molar-refractivity contribution in [1.29, 1.82) is 0 Å². The first-order chi connectivity index (χ1) is 8.77. The fraction of sp³-hybridized carbons (Fsp3) is 0.692. The topological polar surface area (TPSA) is 53.3 Å². The molecule has 0 aromatic carbocycles. The van der Waals surface area contributed by atoms with Crippen LogP contribution in [-0.2, 0) is 15.9 Å². The van der Waals surface area contributed by atoms with Crippen LogP contribution in [0.1, 0.15) is 48.8 Å². The van der Waals surface area contributed by atoms with Crippen LogP contribution >= 0.6 is 0 Å². The lowest BCUT2D eigenvalue weighted by Crippen LogP contribution is -2.22. The first-order valence-electron chi connectivity index (χ1n) is 6.59. The number of esters is 1. The van der Waals surface area contributed by atoms with Crippen LogP contribution in [0.15, 0.2) is 6.20 Å². The Labute approximate surface area is 107 Å². The molecule has 1 fully saturated rings. The molecule has 1 aromatic heterocycles. The van der Waals surface area contributed by atoms with Crippen LogP contribution in [0.3, 0.4) is 0 Å². The third-order valence-electron chi connectivity index (χ3n) is 3.27. The monoisotopic (exact) mass is 252 g/mol. The molecule has 0 saturated carbocycles. The van der Waals surface area contributed by atoms with E-state index < -0.39 is 0 Å². The van der Waals surface area contributed by atoms with Gasteiger partial charge in [0.2, 0.25) is 0 Å². The molecule has 1 aliphatic heterocycles. The highest BCUT2D eigenvalue weighted by atomic mass is 16.5. The predicted molar refractivity (Wildman–Crippen MR) is 66.7 cm³/mol. The first kappa shape index (κ1) is 13.1. The molecule has 0 amide bonds. The molecule has 5 nitrogen and oxygen atoms in total. The molecular weight excluding hydrogens is 232 g/mol. The molecule has 0 bridgehead atoms. The van der Waals surface area contributed by atoms with Crippen molar-refractivity contribution < 1.29 is 14.3 Å². The Bertz CT molecular complexity index is 408. The van der Waals surface area contributed by atoms with Gasteiger partial charge in [0, 0.05) is 13.2 Å². The predicted octanol–water partition coefficient (Wildman–Crippen LogP) is 1.97. The second kappa shape index (κ2) is 6.00. The summed E-state index contributed by atoms with van der Waals surface area (Å²) in [6.07, 6.45) is 4.33. The minimum absolute atomic E-state index is 0.271. The summed E-state index contributed by atoms with van der Waals surface area (Å²) in [4.78, 5) is 11.8. The fourth-order valence-electron chi connectivity index (χ4n) is 2.36. The van der Waals surface area contributed by atoms with Gasteiger partial charge in [0.1, 0.15) is 5.56 Å². The maximum atomic E-state index is 11.8. The van der Waals surface area contributed by atoms with Crippen LogP contribution in [0.25, 0.3) is 0 Å². The Kier molecular flexibility index (Phi) is 4.36. The minimum atomic E-state index is -0.271. The Balaban J connectivity index is 2.23. The molecule has 0 spiro atoms. The average Bonchev–Trinajstić information content (AvgIpc) is 2.83. The Morgan fingerprint density at radius 3 is 2.83 bits per heavy atom. The van der Waals surface area contributed by atoms with E-state index in [0.29, 0.717) is 18.2 Å². The van der Waals surface area contributed by atoms with Crippen LogP contribution in [-0.4, -0.2) is 35.6 Å². The van der Waals surface area contributed by atoms with E-state index in [2.05, 4.69) is 5.10 Å². The van der Waals surface area contributed by atoms with Gasteiger partial charge < -0.3 is 9.47 Å². The zero-order valence-corrected chi connectivity index (χ0v) is 11.0. The van der Waals surface area contributed by atoms with E-state index in [1.807, 2.05) is 18.5 Å². The summed E-state index contributed by atoms with van der Waals surface area (Å²) in [5.74, 6) is -0.271. The van der Waals surface area contributed by atoms with Gasteiger partial charge in [0.05, 0.1) is 24.5 Å². The van der Waals surface area contributed by atoms with Gasteiger partial charge in [-0.15, -0.1) is 0 Å². The third-order valence-corrected chi connectivity index (χ3v) is 3.27. The van der Waals surface area contributed by atoms with Crippen molar-refractivity contribution in [3.05, 3.63) is 17.5 Å². The van der Waals surface area contributed by atoms with Crippen LogP contribution in [0.2, 0.25) is 0 Å². The second-order valence-corrected chi connectivity index (χ2v) is 4.37. The molecule has 0 N–H and O–H groups in total. The summed E-state index contributed by atoms with van der Waals surface area (Å²) in [7, 11) is 0. The highest BCUT2D eigenvalue weighted by Gasteiger charge is 2.23. The summed E-state index contributed by atoms with van der Waals surface area (Å²) >= 11 is 0. The standard InChI is InChI=1S/C13H20N2O3/c1-3-12-11(13(16)18-4-2)9-14-15(12)10-5-7-17-8-6-10/h9-10H,3-8H2,1-2H3.